The summed E-state index contributed by atoms with van der Waals surface area (Å²) in [6.07, 6.45) is -1.12. The molecule has 0 aromatic heterocycles. The van der Waals surface area contributed by atoms with Gasteiger partial charge in [-0.2, -0.15) is 0 Å². The van der Waals surface area contributed by atoms with Gasteiger partial charge in [-0.25, -0.2) is 9.59 Å². The van der Waals surface area contributed by atoms with Crippen LogP contribution in [0.2, 0.25) is 0 Å². The monoisotopic (exact) mass is 657 g/mol. The van der Waals surface area contributed by atoms with E-state index >= 15 is 0 Å². The lowest BCUT2D eigenvalue weighted by Crippen LogP contribution is -2.58. The fraction of sp³-hybridized carbons (Fsp3) is 0.806. The van der Waals surface area contributed by atoms with E-state index in [0.29, 0.717) is 6.42 Å². The molecule has 0 radical (unpaired) electrons. The molecule has 15 heteroatoms. The lowest BCUT2D eigenvalue weighted by molar-refractivity contribution is -0.204. The van der Waals surface area contributed by atoms with Crippen LogP contribution in [0.25, 0.3) is 0 Å². The van der Waals surface area contributed by atoms with E-state index in [-0.39, 0.29) is 38.5 Å². The minimum Gasteiger partial charge on any atom is -0.459 e. The van der Waals surface area contributed by atoms with E-state index < -0.39 is 83.5 Å². The number of hydrogen-bond acceptors (Lipinski definition) is 11. The predicted molar refractivity (Wildman–Crippen MR) is 170 cm³/mol. The van der Waals surface area contributed by atoms with Crippen molar-refractivity contribution < 1.29 is 49.0 Å². The Morgan fingerprint density at radius 3 is 2.37 bits per heavy atom. The molecule has 15 nitrogen and oxygen atoms in total. The number of ether oxygens (including phenoxy) is 3. The number of nitrogens with two attached hydrogens (primary N) is 1. The lowest BCUT2D eigenvalue weighted by Gasteiger charge is -2.45. The molecule has 3 amide bonds. The summed E-state index contributed by atoms with van der Waals surface area (Å²) in [5, 5.41) is 52.7. The molecule has 1 rings (SSSR count). The third-order valence-corrected chi connectivity index (χ3v) is 8.65. The Morgan fingerprint density at radius 1 is 1.17 bits per heavy atom. The molecule has 1 aliphatic rings. The van der Waals surface area contributed by atoms with Gasteiger partial charge in [0.15, 0.2) is 5.96 Å². The zero-order valence-electron chi connectivity index (χ0n) is 28.3. The van der Waals surface area contributed by atoms with Crippen molar-refractivity contribution in [2.75, 3.05) is 26.7 Å². The van der Waals surface area contributed by atoms with E-state index in [9.17, 15) is 34.8 Å². The Kier molecular flexibility index (Phi) is 16.2. The van der Waals surface area contributed by atoms with Crippen LogP contribution in [-0.4, -0.2) is 113 Å². The number of cyclic esters (lactones) is 1. The molecule has 0 spiro atoms. The highest BCUT2D eigenvalue weighted by Crippen LogP contribution is 2.37. The number of nitrogens with one attached hydrogen (secondary N) is 3. The average molecular weight is 658 g/mol. The second kappa shape index (κ2) is 18.2. The van der Waals surface area contributed by atoms with Gasteiger partial charge in [-0.05, 0) is 46.0 Å². The number of alkyl carbamates (subject to hydrolysis) is 1. The molecular formula is C31H55N5O10. The van der Waals surface area contributed by atoms with Crippen LogP contribution >= 0.6 is 0 Å². The number of terminal acetylenes is 1. The van der Waals surface area contributed by atoms with Crippen molar-refractivity contribution in [2.45, 2.75) is 109 Å². The molecule has 0 saturated carbocycles. The minimum absolute atomic E-state index is 0.0275. The van der Waals surface area contributed by atoms with Gasteiger partial charge in [0.1, 0.15) is 24.4 Å². The number of esters is 1. The molecule has 9 N–H and O–H groups in total. The van der Waals surface area contributed by atoms with Crippen LogP contribution in [0.15, 0.2) is 4.99 Å². The number of guanidine groups is 1. The molecule has 46 heavy (non-hydrogen) atoms. The number of aliphatic imine (C=N–C) groups is 1. The lowest BCUT2D eigenvalue weighted by atomic mass is 9.73. The number of carbonyl (C=O) groups excluding carboxylic acids is 3. The van der Waals surface area contributed by atoms with Crippen molar-refractivity contribution in [3.05, 3.63) is 0 Å². The van der Waals surface area contributed by atoms with Gasteiger partial charge >= 0.3 is 18.1 Å². The van der Waals surface area contributed by atoms with E-state index in [2.05, 4.69) is 26.9 Å². The van der Waals surface area contributed by atoms with Gasteiger partial charge in [0.2, 0.25) is 0 Å². The van der Waals surface area contributed by atoms with Crippen LogP contribution in [0.3, 0.4) is 0 Å². The van der Waals surface area contributed by atoms with Gasteiger partial charge in [-0.1, -0.05) is 33.6 Å². The topological polar surface area (TPSA) is 234 Å². The summed E-state index contributed by atoms with van der Waals surface area (Å²) in [4.78, 5) is 41.8. The molecule has 0 aromatic carbocycles. The summed E-state index contributed by atoms with van der Waals surface area (Å²) in [7, 11) is 1.43. The first-order valence-electron chi connectivity index (χ1n) is 15.6. The maximum atomic E-state index is 13.6. The third-order valence-electron chi connectivity index (χ3n) is 8.65. The summed E-state index contributed by atoms with van der Waals surface area (Å²) in [6.45, 7) is 11.0. The van der Waals surface area contributed by atoms with Crippen LogP contribution in [0.1, 0.15) is 67.7 Å². The van der Waals surface area contributed by atoms with Gasteiger partial charge in [-0.3, -0.25) is 15.1 Å². The first-order valence-corrected chi connectivity index (χ1v) is 15.6. The van der Waals surface area contributed by atoms with Crippen LogP contribution in [0.5, 0.6) is 0 Å². The summed E-state index contributed by atoms with van der Waals surface area (Å²) >= 11 is 0. The van der Waals surface area contributed by atoms with Gasteiger partial charge < -0.3 is 51.0 Å². The normalized spacial score (nSPS) is 36.4. The molecule has 11 atom stereocenters. The van der Waals surface area contributed by atoms with Crippen molar-refractivity contribution in [1.82, 2.24) is 16.0 Å². The van der Waals surface area contributed by atoms with Crippen molar-refractivity contribution in [3.63, 3.8) is 0 Å². The fourth-order valence-corrected chi connectivity index (χ4v) is 6.04. The molecule has 1 aliphatic heterocycles. The molecule has 11 unspecified atom stereocenters. The van der Waals surface area contributed by atoms with Crippen molar-refractivity contribution in [3.8, 4) is 12.3 Å². The molecular weight excluding hydrogens is 602 g/mol. The zero-order valence-corrected chi connectivity index (χ0v) is 28.3. The zero-order chi connectivity index (χ0) is 35.4. The molecule has 1 saturated heterocycles. The van der Waals surface area contributed by atoms with E-state index in [1.54, 1.807) is 27.7 Å². The molecule has 0 bridgehead atoms. The second-order valence-electron chi connectivity index (χ2n) is 12.6. The SMILES string of the molecule is C#CCOC1C(C)C(OC(=O)NCCCN=C(N)NC(=O)NC)C(C)C(=O)OC(CC)C(C)(O)C(O)C(C)C(O)C(C)CC1(C)O. The highest BCUT2D eigenvalue weighted by atomic mass is 16.6. The Bertz CT molecular complexity index is 1080. The number of rotatable bonds is 8. The number of urea groups is 1. The summed E-state index contributed by atoms with van der Waals surface area (Å²) in [5.74, 6) is -1.99. The fourth-order valence-electron chi connectivity index (χ4n) is 6.04. The van der Waals surface area contributed by atoms with Gasteiger partial charge in [0.05, 0.1) is 29.8 Å². The van der Waals surface area contributed by atoms with E-state index in [1.807, 2.05) is 0 Å². The standard InChI is InChI=1S/C31H55N5O10/c1-10-15-44-25-19(5)23(46-29(41)35-14-12-13-34-27(32)36-28(40)33-9)20(6)26(39)45-21(11-2)31(8,43)24(38)18(4)22(37)17(3)16-30(25,7)42/h1,17-25,37-38,42-43H,11-16H2,2-9H3,(H,35,41)(H4,32,33,34,36,40). The van der Waals surface area contributed by atoms with Crippen molar-refractivity contribution >= 4 is 24.1 Å². The maximum Gasteiger partial charge on any atom is 0.407 e. The van der Waals surface area contributed by atoms with Crippen LogP contribution in [0, 0.1) is 36.0 Å². The van der Waals surface area contributed by atoms with E-state index in [1.165, 1.54) is 27.8 Å². The number of aliphatic hydroxyl groups is 4. The van der Waals surface area contributed by atoms with Crippen molar-refractivity contribution in [2.24, 2.45) is 34.4 Å². The number of amides is 3. The predicted octanol–water partition coefficient (Wildman–Crippen LogP) is 0.227. The summed E-state index contributed by atoms with van der Waals surface area (Å²) < 4.78 is 17.4. The Labute approximate surface area is 272 Å². The number of aliphatic hydroxyl groups excluding tert-OH is 2. The molecule has 1 heterocycles. The summed E-state index contributed by atoms with van der Waals surface area (Å²) in [6, 6.07) is -0.526. The van der Waals surface area contributed by atoms with Crippen LogP contribution in [0.4, 0.5) is 9.59 Å². The largest absolute Gasteiger partial charge is 0.459 e. The van der Waals surface area contributed by atoms with Gasteiger partial charge in [0.25, 0.3) is 0 Å². The van der Waals surface area contributed by atoms with Gasteiger partial charge in [-0.15, -0.1) is 6.42 Å². The summed E-state index contributed by atoms with van der Waals surface area (Å²) in [5.41, 5.74) is 2.01. The van der Waals surface area contributed by atoms with Gasteiger partial charge in [0, 0.05) is 32.0 Å². The minimum atomic E-state index is -1.95. The smallest absolute Gasteiger partial charge is 0.407 e. The Hall–Kier alpha value is -3.16. The van der Waals surface area contributed by atoms with Crippen molar-refractivity contribution in [1.29, 1.82) is 0 Å². The quantitative estimate of drug-likeness (QED) is 0.0578. The highest BCUT2D eigenvalue weighted by molar-refractivity contribution is 5.95. The van der Waals surface area contributed by atoms with Crippen LogP contribution < -0.4 is 21.7 Å². The third kappa shape index (κ3) is 11.3. The first-order chi connectivity index (χ1) is 21.3. The molecule has 264 valence electrons. The number of carbonyl (C=O) groups is 3. The average Bonchev–Trinajstić information content (AvgIpc) is 2.99. The van der Waals surface area contributed by atoms with E-state index in [4.69, 9.17) is 26.4 Å². The Balaban J connectivity index is 3.40. The Morgan fingerprint density at radius 2 is 1.80 bits per heavy atom. The highest BCUT2D eigenvalue weighted by Gasteiger charge is 2.50. The van der Waals surface area contributed by atoms with Crippen LogP contribution in [-0.2, 0) is 19.0 Å². The first kappa shape index (κ1) is 40.9. The molecule has 0 aromatic rings. The molecule has 1 fully saturated rings. The maximum absolute atomic E-state index is 13.6. The second-order valence-corrected chi connectivity index (χ2v) is 12.6. The number of nitrogens with zero attached hydrogens (tertiary/aromatic N) is 1. The van der Waals surface area contributed by atoms with E-state index in [0.717, 1.165) is 0 Å². The molecule has 0 aliphatic carbocycles. The number of hydrogen-bond donors (Lipinski definition) is 8.